The molecule has 296 valence electrons. The number of aromatic nitrogens is 3. The van der Waals surface area contributed by atoms with Crippen LogP contribution in [-0.4, -0.2) is 13.8 Å². The molecule has 5 aromatic heterocycles. The third-order valence-electron chi connectivity index (χ3n) is 16.7. The van der Waals surface area contributed by atoms with Gasteiger partial charge in [0.25, 0.3) is 0 Å². The van der Waals surface area contributed by atoms with Gasteiger partial charge in [-0.25, -0.2) is 0 Å². The van der Waals surface area contributed by atoms with E-state index in [0.29, 0.717) is 11.8 Å². The van der Waals surface area contributed by atoms with Gasteiger partial charge in [0, 0.05) is 49.0 Å². The summed E-state index contributed by atoms with van der Waals surface area (Å²) in [5.74, 6) is 1.69. The first-order valence-electron chi connectivity index (χ1n) is 23.0. The summed E-state index contributed by atoms with van der Waals surface area (Å²) < 4.78 is 5.31. The normalized spacial score (nSPS) is 20.8. The summed E-state index contributed by atoms with van der Waals surface area (Å²) in [4.78, 5) is 5.53. The third-order valence-corrected chi connectivity index (χ3v) is 16.7. The highest BCUT2D eigenvalue weighted by atomic mass is 14.9. The van der Waals surface area contributed by atoms with Gasteiger partial charge in [0.05, 0.1) is 50.9 Å². The van der Waals surface area contributed by atoms with E-state index < -0.39 is 0 Å². The zero-order valence-corrected chi connectivity index (χ0v) is 36.2. The highest BCUT2D eigenvalue weighted by Crippen LogP contribution is 2.59. The number of nitrogens with zero attached hydrogens (tertiary/aromatic N) is 3. The smallest absolute Gasteiger partial charge is 0.0728 e. The number of fused-ring (bicyclic) bond motifs is 14. The first-order chi connectivity index (χ1) is 29.5. The lowest BCUT2D eigenvalue weighted by Gasteiger charge is -2.41. The molecule has 61 heavy (non-hydrogen) atoms. The summed E-state index contributed by atoms with van der Waals surface area (Å²) in [5, 5.41) is 11.2. The van der Waals surface area contributed by atoms with Gasteiger partial charge < -0.3 is 8.80 Å². The van der Waals surface area contributed by atoms with Crippen LogP contribution in [-0.2, 0) is 10.8 Å². The van der Waals surface area contributed by atoms with Crippen LogP contribution in [0.25, 0.3) is 76.2 Å². The van der Waals surface area contributed by atoms with Crippen LogP contribution >= 0.6 is 0 Å². The van der Waals surface area contributed by atoms with Crippen LogP contribution in [0.4, 0.5) is 0 Å². The van der Waals surface area contributed by atoms with E-state index in [0.717, 1.165) is 0 Å². The Labute approximate surface area is 355 Å². The molecule has 0 spiro atoms. The summed E-state index contributed by atoms with van der Waals surface area (Å²) in [5.41, 5.74) is 24.1. The Bertz CT molecular complexity index is 3760. The number of aryl methyl sites for hydroxylation is 1. The topological polar surface area (TPSA) is 21.7 Å². The van der Waals surface area contributed by atoms with Crippen LogP contribution < -0.4 is 0 Å². The summed E-state index contributed by atoms with van der Waals surface area (Å²) in [7, 11) is 0. The van der Waals surface area contributed by atoms with Crippen molar-refractivity contribution in [1.82, 2.24) is 13.8 Å². The molecule has 0 unspecified atom stereocenters. The Morgan fingerprint density at radius 1 is 0.475 bits per heavy atom. The Morgan fingerprint density at radius 3 is 1.46 bits per heavy atom. The number of rotatable bonds is 0. The van der Waals surface area contributed by atoms with Crippen LogP contribution in [0.5, 0.6) is 0 Å². The molecular formula is C58H49N3. The van der Waals surface area contributed by atoms with Gasteiger partial charge in [-0.2, -0.15) is 0 Å². The summed E-state index contributed by atoms with van der Waals surface area (Å²) in [6, 6.07) is 36.3. The van der Waals surface area contributed by atoms with E-state index in [4.69, 9.17) is 4.98 Å². The first kappa shape index (κ1) is 33.7. The van der Waals surface area contributed by atoms with Crippen molar-refractivity contribution < 1.29 is 0 Å². The zero-order chi connectivity index (χ0) is 40.7. The number of hydrogen-bond donors (Lipinski definition) is 0. The Kier molecular flexibility index (Phi) is 5.84. The molecule has 3 heteroatoms. The molecule has 11 aromatic rings. The third kappa shape index (κ3) is 3.85. The second-order valence-corrected chi connectivity index (χ2v) is 21.8. The fourth-order valence-electron chi connectivity index (χ4n) is 14.0. The van der Waals surface area contributed by atoms with Gasteiger partial charge >= 0.3 is 0 Å². The zero-order valence-electron chi connectivity index (χ0n) is 36.2. The number of hydrogen-bond acceptors (Lipinski definition) is 1. The van der Waals surface area contributed by atoms with E-state index in [9.17, 15) is 0 Å². The van der Waals surface area contributed by atoms with Gasteiger partial charge in [-0.3, -0.25) is 4.98 Å². The van der Waals surface area contributed by atoms with Gasteiger partial charge in [0.2, 0.25) is 0 Å². The van der Waals surface area contributed by atoms with Crippen LogP contribution in [0.15, 0.2) is 97.2 Å². The minimum atomic E-state index is -0.0255. The first-order valence-corrected chi connectivity index (χ1v) is 23.0. The molecule has 0 amide bonds. The van der Waals surface area contributed by atoms with Crippen LogP contribution in [0, 0.1) is 6.92 Å². The van der Waals surface area contributed by atoms with Crippen LogP contribution in [0.3, 0.4) is 0 Å². The minimum absolute atomic E-state index is 0.0200. The van der Waals surface area contributed by atoms with Crippen LogP contribution in [0.1, 0.15) is 152 Å². The lowest BCUT2D eigenvalue weighted by Crippen LogP contribution is -2.28. The van der Waals surface area contributed by atoms with Crippen molar-refractivity contribution in [3.63, 3.8) is 0 Å². The van der Waals surface area contributed by atoms with Crippen molar-refractivity contribution >= 4 is 76.2 Å². The SMILES string of the molecule is Cc1cc2c(c3c1C1CCC3CC1)c1cc(C(C)(C)C)cc3c4cc5c(cc4n2c31)c1cc(C(C)(C)C)cc2c3c4c(ncc3n5c12)C1c2ccccc2C4c2ccccc21. The summed E-state index contributed by atoms with van der Waals surface area (Å²) >= 11 is 0. The van der Waals surface area contributed by atoms with Crippen molar-refractivity contribution in [3.8, 4) is 0 Å². The molecule has 1 saturated carbocycles. The summed E-state index contributed by atoms with van der Waals surface area (Å²) in [6.07, 6.45) is 7.62. The van der Waals surface area contributed by atoms with Gasteiger partial charge in [-0.05, 0) is 153 Å². The molecular weight excluding hydrogens is 739 g/mol. The van der Waals surface area contributed by atoms with Gasteiger partial charge in [-0.1, -0.05) is 90.1 Å². The predicted molar refractivity (Wildman–Crippen MR) is 254 cm³/mol. The molecule has 6 aliphatic rings. The molecule has 3 nitrogen and oxygen atoms in total. The average Bonchev–Trinajstić information content (AvgIpc) is 3.98. The van der Waals surface area contributed by atoms with Gasteiger partial charge in [-0.15, -0.1) is 0 Å². The maximum Gasteiger partial charge on any atom is 0.0728 e. The Morgan fingerprint density at radius 2 is 0.934 bits per heavy atom. The molecule has 0 atom stereocenters. The second kappa shape index (κ2) is 10.6. The molecule has 0 saturated heterocycles. The lowest BCUT2D eigenvalue weighted by atomic mass is 9.62. The molecule has 6 aromatic carbocycles. The minimum Gasteiger partial charge on any atom is -0.308 e. The van der Waals surface area contributed by atoms with Crippen molar-refractivity contribution in [1.29, 1.82) is 0 Å². The molecule has 5 heterocycles. The van der Waals surface area contributed by atoms with E-state index >= 15 is 0 Å². The highest BCUT2D eigenvalue weighted by Gasteiger charge is 2.44. The number of pyridine rings is 1. The van der Waals surface area contributed by atoms with Crippen molar-refractivity contribution in [3.05, 3.63) is 159 Å². The molecule has 0 N–H and O–H groups in total. The monoisotopic (exact) mass is 787 g/mol. The van der Waals surface area contributed by atoms with Gasteiger partial charge in [0.1, 0.15) is 0 Å². The summed E-state index contributed by atoms with van der Waals surface area (Å²) in [6.45, 7) is 16.7. The standard InChI is InChI=1S/C58H49N3/c1-28-20-45-51(48-30-18-16-29(17-19-30)47(28)48)41-23-31(57(2,3)4)21-39-37-26-44-38(25-43(37)60(45)55(39)41)40-22-32(58(5,6)7)24-42-52-46(61(44)56(40)42)27-59-54-50-35-14-10-8-12-33(35)49(53(52)54)34-13-9-11-15-36(34)50/h8-15,20-27,29-30,49-50H,16-19H2,1-7H3. The van der Waals surface area contributed by atoms with E-state index in [1.54, 1.807) is 16.5 Å². The predicted octanol–water partition coefficient (Wildman–Crippen LogP) is 15.0. The van der Waals surface area contributed by atoms with Crippen molar-refractivity contribution in [2.45, 2.75) is 109 Å². The van der Waals surface area contributed by atoms with E-state index in [2.05, 4.69) is 154 Å². The van der Waals surface area contributed by atoms with Crippen LogP contribution in [0.2, 0.25) is 0 Å². The molecule has 17 rings (SSSR count). The molecule has 0 aliphatic heterocycles. The van der Waals surface area contributed by atoms with E-state index in [1.807, 2.05) is 0 Å². The molecule has 6 aliphatic carbocycles. The lowest BCUT2D eigenvalue weighted by molar-refractivity contribution is 0.360. The highest BCUT2D eigenvalue weighted by molar-refractivity contribution is 6.30. The quantitative estimate of drug-likeness (QED) is 0.150. The largest absolute Gasteiger partial charge is 0.308 e. The maximum absolute atomic E-state index is 5.53. The maximum atomic E-state index is 5.53. The molecule has 0 radical (unpaired) electrons. The van der Waals surface area contributed by atoms with E-state index in [1.165, 1.54) is 147 Å². The Balaban J connectivity index is 1.12. The number of benzene rings is 6. The van der Waals surface area contributed by atoms with Crippen molar-refractivity contribution in [2.24, 2.45) is 0 Å². The van der Waals surface area contributed by atoms with Gasteiger partial charge in [0.15, 0.2) is 0 Å². The van der Waals surface area contributed by atoms with E-state index in [-0.39, 0.29) is 22.7 Å². The second-order valence-electron chi connectivity index (χ2n) is 21.8. The van der Waals surface area contributed by atoms with Crippen molar-refractivity contribution in [2.75, 3.05) is 0 Å². The fourth-order valence-corrected chi connectivity index (χ4v) is 14.0. The Hall–Kier alpha value is -5.93. The molecule has 4 bridgehead atoms. The average molecular weight is 788 g/mol. The molecule has 1 fully saturated rings. The fraction of sp³-hybridized carbons (Fsp3) is 0.293.